The van der Waals surface area contributed by atoms with Crippen LogP contribution < -0.4 is 15.0 Å². The van der Waals surface area contributed by atoms with Crippen molar-refractivity contribution in [1.29, 1.82) is 0 Å². The van der Waals surface area contributed by atoms with Crippen LogP contribution in [0.5, 0.6) is 5.75 Å². The van der Waals surface area contributed by atoms with Gasteiger partial charge in [0.2, 0.25) is 0 Å². The third-order valence-corrected chi connectivity index (χ3v) is 5.63. The van der Waals surface area contributed by atoms with Crippen molar-refractivity contribution >= 4 is 11.7 Å². The average molecular weight is 370 g/mol. The molecule has 7 heteroatoms. The average Bonchev–Trinajstić information content (AvgIpc) is 2.82. The first-order valence-corrected chi connectivity index (χ1v) is 8.93. The maximum Gasteiger partial charge on any atom is 0.573 e. The van der Waals surface area contributed by atoms with Gasteiger partial charge in [-0.05, 0) is 61.3 Å². The van der Waals surface area contributed by atoms with E-state index in [1.54, 1.807) is 4.90 Å². The summed E-state index contributed by atoms with van der Waals surface area (Å²) >= 11 is 0. The van der Waals surface area contributed by atoms with Gasteiger partial charge in [-0.3, -0.25) is 4.90 Å². The zero-order valence-electron chi connectivity index (χ0n) is 15.3. The van der Waals surface area contributed by atoms with E-state index >= 15 is 0 Å². The Balaban J connectivity index is 1.67. The van der Waals surface area contributed by atoms with Gasteiger partial charge in [-0.1, -0.05) is 20.8 Å². The molecule has 1 heterocycles. The lowest BCUT2D eigenvalue weighted by molar-refractivity contribution is -0.274. The van der Waals surface area contributed by atoms with Gasteiger partial charge in [0, 0.05) is 5.69 Å². The molecular formula is C19H25F3N2O2. The molecule has 1 saturated carbocycles. The van der Waals surface area contributed by atoms with Crippen LogP contribution in [0.4, 0.5) is 23.7 Å². The maximum absolute atomic E-state index is 12.4. The SMILES string of the molecule is CC(C)(C)[C@H]1CC[C@]2(CC1)CN(c1ccc(OC(F)(F)F)cc1)C(=O)N2. The quantitative estimate of drug-likeness (QED) is 0.788. The fraction of sp³-hybridized carbons (Fsp3) is 0.632. The fourth-order valence-corrected chi connectivity index (χ4v) is 4.06. The molecule has 0 radical (unpaired) electrons. The molecule has 1 aromatic carbocycles. The lowest BCUT2D eigenvalue weighted by Crippen LogP contribution is -2.47. The van der Waals surface area contributed by atoms with Crippen LogP contribution in [0.1, 0.15) is 46.5 Å². The van der Waals surface area contributed by atoms with E-state index in [4.69, 9.17) is 0 Å². The molecule has 0 aromatic heterocycles. The van der Waals surface area contributed by atoms with Gasteiger partial charge in [-0.15, -0.1) is 13.2 Å². The lowest BCUT2D eigenvalue weighted by Gasteiger charge is -2.41. The molecule has 1 aliphatic heterocycles. The lowest BCUT2D eigenvalue weighted by atomic mass is 9.67. The summed E-state index contributed by atoms with van der Waals surface area (Å²) in [5.74, 6) is 0.346. The summed E-state index contributed by atoms with van der Waals surface area (Å²) in [6.07, 6.45) is -0.743. The van der Waals surface area contributed by atoms with Gasteiger partial charge in [0.25, 0.3) is 0 Å². The number of hydrogen-bond acceptors (Lipinski definition) is 2. The number of carbonyl (C=O) groups is 1. The molecule has 26 heavy (non-hydrogen) atoms. The largest absolute Gasteiger partial charge is 0.573 e. The molecule has 1 saturated heterocycles. The van der Waals surface area contributed by atoms with Crippen molar-refractivity contribution in [2.75, 3.05) is 11.4 Å². The smallest absolute Gasteiger partial charge is 0.406 e. The van der Waals surface area contributed by atoms with Gasteiger partial charge >= 0.3 is 12.4 Å². The minimum absolute atomic E-state index is 0.191. The van der Waals surface area contributed by atoms with E-state index in [1.807, 2.05) is 0 Å². The van der Waals surface area contributed by atoms with Crippen molar-refractivity contribution in [3.05, 3.63) is 24.3 Å². The van der Waals surface area contributed by atoms with Gasteiger partial charge in [-0.25, -0.2) is 4.79 Å². The predicted molar refractivity (Wildman–Crippen MR) is 93.1 cm³/mol. The highest BCUT2D eigenvalue weighted by Gasteiger charge is 2.46. The van der Waals surface area contributed by atoms with Crippen molar-refractivity contribution in [2.45, 2.75) is 58.4 Å². The van der Waals surface area contributed by atoms with Crippen LogP contribution in [0.25, 0.3) is 0 Å². The molecule has 1 aliphatic carbocycles. The molecule has 1 aromatic rings. The molecule has 2 fully saturated rings. The Bertz CT molecular complexity index is 657. The predicted octanol–water partition coefficient (Wildman–Crippen LogP) is 5.09. The summed E-state index contributed by atoms with van der Waals surface area (Å²) < 4.78 is 40.7. The second-order valence-corrected chi connectivity index (χ2v) is 8.48. The van der Waals surface area contributed by atoms with Crippen LogP contribution >= 0.6 is 0 Å². The van der Waals surface area contributed by atoms with E-state index in [2.05, 4.69) is 30.8 Å². The van der Waals surface area contributed by atoms with Crippen LogP contribution in [-0.4, -0.2) is 24.5 Å². The number of carbonyl (C=O) groups excluding carboxylic acids is 1. The van der Waals surface area contributed by atoms with Crippen LogP contribution in [0.15, 0.2) is 24.3 Å². The molecule has 2 amide bonds. The van der Waals surface area contributed by atoms with Gasteiger partial charge in [0.05, 0.1) is 12.1 Å². The highest BCUT2D eigenvalue weighted by Crippen LogP contribution is 2.43. The Labute approximate surface area is 151 Å². The fourth-order valence-electron chi connectivity index (χ4n) is 4.06. The van der Waals surface area contributed by atoms with Crippen molar-refractivity contribution in [3.8, 4) is 5.75 Å². The van der Waals surface area contributed by atoms with Crippen molar-refractivity contribution < 1.29 is 22.7 Å². The Hall–Kier alpha value is -1.92. The van der Waals surface area contributed by atoms with Crippen molar-refractivity contribution in [3.63, 3.8) is 0 Å². The molecule has 2 aliphatic rings. The van der Waals surface area contributed by atoms with Gasteiger partial charge in [0.15, 0.2) is 0 Å². The normalized spacial score (nSPS) is 26.9. The zero-order chi connectivity index (χ0) is 19.2. The molecule has 1 N–H and O–H groups in total. The van der Waals surface area contributed by atoms with Crippen LogP contribution in [0.2, 0.25) is 0 Å². The number of halogens is 3. The number of anilines is 1. The number of rotatable bonds is 2. The second kappa shape index (κ2) is 6.35. The highest BCUT2D eigenvalue weighted by atomic mass is 19.4. The maximum atomic E-state index is 12.4. The highest BCUT2D eigenvalue weighted by molar-refractivity contribution is 5.95. The van der Waals surface area contributed by atoms with E-state index in [0.717, 1.165) is 25.7 Å². The third kappa shape index (κ3) is 4.07. The minimum Gasteiger partial charge on any atom is -0.406 e. The van der Waals surface area contributed by atoms with E-state index in [1.165, 1.54) is 24.3 Å². The number of amides is 2. The Morgan fingerprint density at radius 3 is 2.19 bits per heavy atom. The van der Waals surface area contributed by atoms with Gasteiger partial charge < -0.3 is 10.1 Å². The van der Waals surface area contributed by atoms with Gasteiger partial charge in [0.1, 0.15) is 5.75 Å². The van der Waals surface area contributed by atoms with E-state index < -0.39 is 6.36 Å². The number of hydrogen-bond donors (Lipinski definition) is 1. The van der Waals surface area contributed by atoms with Crippen LogP contribution in [-0.2, 0) is 0 Å². The number of nitrogens with one attached hydrogen (secondary N) is 1. The number of alkyl halides is 3. The second-order valence-electron chi connectivity index (χ2n) is 8.48. The summed E-state index contributed by atoms with van der Waals surface area (Å²) in [6.45, 7) is 7.29. The van der Waals surface area contributed by atoms with Gasteiger partial charge in [-0.2, -0.15) is 0 Å². The van der Waals surface area contributed by atoms with Crippen molar-refractivity contribution in [1.82, 2.24) is 5.32 Å². The first-order chi connectivity index (χ1) is 12.0. The molecular weight excluding hydrogens is 345 g/mol. The summed E-state index contributed by atoms with van der Waals surface area (Å²) in [5.41, 5.74) is 0.602. The number of nitrogens with zero attached hydrogens (tertiary/aromatic N) is 1. The number of benzene rings is 1. The minimum atomic E-state index is -4.72. The summed E-state index contributed by atoms with van der Waals surface area (Å²) in [4.78, 5) is 14.0. The Kier molecular flexibility index (Phi) is 4.61. The summed E-state index contributed by atoms with van der Waals surface area (Å²) in [6, 6.07) is 5.25. The topological polar surface area (TPSA) is 41.6 Å². The third-order valence-electron chi connectivity index (χ3n) is 5.63. The standard InChI is InChI=1S/C19H25F3N2O2/c1-17(2,3)13-8-10-18(11-9-13)12-24(16(25)23-18)14-4-6-15(7-5-14)26-19(20,21)22/h4-7,13H,8-12H2,1-3H3,(H,23,25)/t13-,18-. The van der Waals surface area contributed by atoms with E-state index in [9.17, 15) is 18.0 Å². The molecule has 0 unspecified atom stereocenters. The van der Waals surface area contributed by atoms with Crippen LogP contribution in [0, 0.1) is 11.3 Å². The first-order valence-electron chi connectivity index (χ1n) is 8.93. The van der Waals surface area contributed by atoms with E-state index in [0.29, 0.717) is 18.2 Å². The monoisotopic (exact) mass is 370 g/mol. The summed E-state index contributed by atoms with van der Waals surface area (Å²) in [5, 5.41) is 3.12. The molecule has 3 rings (SSSR count). The number of urea groups is 1. The zero-order valence-corrected chi connectivity index (χ0v) is 15.3. The molecule has 144 valence electrons. The summed E-state index contributed by atoms with van der Waals surface area (Å²) in [7, 11) is 0. The van der Waals surface area contributed by atoms with Crippen LogP contribution in [0.3, 0.4) is 0 Å². The molecule has 1 spiro atoms. The van der Waals surface area contributed by atoms with Crippen molar-refractivity contribution in [2.24, 2.45) is 11.3 Å². The Morgan fingerprint density at radius 2 is 1.69 bits per heavy atom. The molecule has 4 nitrogen and oxygen atoms in total. The Morgan fingerprint density at radius 1 is 1.12 bits per heavy atom. The first kappa shape index (κ1) is 18.9. The molecule has 0 atom stereocenters. The van der Waals surface area contributed by atoms with E-state index in [-0.39, 0.29) is 22.7 Å². The number of ether oxygens (including phenoxy) is 1. The molecule has 0 bridgehead atoms.